The van der Waals surface area contributed by atoms with Crippen LogP contribution in [0.1, 0.15) is 103 Å². The van der Waals surface area contributed by atoms with Crippen LogP contribution in [-0.2, 0) is 4.74 Å². The predicted molar refractivity (Wildman–Crippen MR) is 115 cm³/mol. The molecule has 0 amide bonds. The first-order valence-corrected chi connectivity index (χ1v) is 11.4. The Kier molecular flexibility index (Phi) is 22.3. The molecule has 0 fully saturated rings. The summed E-state index contributed by atoms with van der Waals surface area (Å²) in [4.78, 5) is 0. The molecule has 0 aliphatic carbocycles. The van der Waals surface area contributed by atoms with E-state index in [2.05, 4.69) is 24.4 Å². The lowest BCUT2D eigenvalue weighted by molar-refractivity contribution is 0.0363. The second-order valence-corrected chi connectivity index (χ2v) is 7.58. The van der Waals surface area contributed by atoms with Crippen molar-refractivity contribution in [3.8, 4) is 0 Å². The van der Waals surface area contributed by atoms with Crippen molar-refractivity contribution in [3.05, 3.63) is 12.2 Å². The number of rotatable bonds is 21. The van der Waals surface area contributed by atoms with Crippen LogP contribution >= 0.6 is 0 Å². The van der Waals surface area contributed by atoms with Gasteiger partial charge in [-0.05, 0) is 39.2 Å². The number of ether oxygens (including phenoxy) is 1. The van der Waals surface area contributed by atoms with Gasteiger partial charge in [0.2, 0.25) is 0 Å². The third-order valence-corrected chi connectivity index (χ3v) is 4.80. The second kappa shape index (κ2) is 22.7. The van der Waals surface area contributed by atoms with Crippen LogP contribution in [0.4, 0.5) is 0 Å². The number of allylic oxidation sites excluding steroid dienone is 2. The summed E-state index contributed by atoms with van der Waals surface area (Å²) in [7, 11) is 1.84. The van der Waals surface area contributed by atoms with Gasteiger partial charge in [0, 0.05) is 13.2 Å². The zero-order chi connectivity index (χ0) is 19.1. The van der Waals surface area contributed by atoms with Gasteiger partial charge in [0.15, 0.2) is 0 Å². The van der Waals surface area contributed by atoms with E-state index in [4.69, 9.17) is 4.74 Å². The van der Waals surface area contributed by atoms with Crippen molar-refractivity contribution in [2.24, 2.45) is 0 Å². The zero-order valence-electron chi connectivity index (χ0n) is 17.8. The number of likely N-dealkylation sites (N-methyl/N-ethyl adjacent to an activating group) is 1. The topological polar surface area (TPSA) is 41.5 Å². The molecule has 0 rings (SSSR count). The predicted octanol–water partition coefficient (Wildman–Crippen LogP) is 6.01. The quantitative estimate of drug-likeness (QED) is 0.192. The summed E-state index contributed by atoms with van der Waals surface area (Å²) in [6.07, 6.45) is 24.5. The molecule has 0 aliphatic heterocycles. The van der Waals surface area contributed by atoms with Gasteiger partial charge in [-0.2, -0.15) is 0 Å². The minimum Gasteiger partial charge on any atom is -0.389 e. The van der Waals surface area contributed by atoms with Crippen LogP contribution in [0, 0.1) is 0 Å². The van der Waals surface area contributed by atoms with Crippen molar-refractivity contribution in [2.75, 3.05) is 26.8 Å². The number of aliphatic hydroxyl groups is 1. The van der Waals surface area contributed by atoms with Gasteiger partial charge in [-0.3, -0.25) is 0 Å². The van der Waals surface area contributed by atoms with Crippen LogP contribution in [-0.4, -0.2) is 38.0 Å². The number of unbranched alkanes of at least 4 members (excludes halogenated alkanes) is 13. The minimum absolute atomic E-state index is 0.376. The van der Waals surface area contributed by atoms with Crippen molar-refractivity contribution in [3.63, 3.8) is 0 Å². The molecule has 156 valence electrons. The summed E-state index contributed by atoms with van der Waals surface area (Å²) < 4.78 is 5.47. The van der Waals surface area contributed by atoms with E-state index in [1.54, 1.807) is 0 Å². The fraction of sp³-hybridized carbons (Fsp3) is 0.913. The number of hydrogen-bond donors (Lipinski definition) is 2. The molecule has 3 heteroatoms. The maximum absolute atomic E-state index is 9.50. The molecule has 0 aromatic rings. The molecular weight excluding hydrogens is 322 g/mol. The molecule has 0 aliphatic rings. The first-order valence-electron chi connectivity index (χ1n) is 11.4. The summed E-state index contributed by atoms with van der Waals surface area (Å²) in [5.41, 5.74) is 0. The molecule has 0 radical (unpaired) electrons. The fourth-order valence-corrected chi connectivity index (χ4v) is 3.14. The first-order chi connectivity index (χ1) is 12.8. The number of nitrogens with one attached hydrogen (secondary N) is 1. The van der Waals surface area contributed by atoms with E-state index in [-0.39, 0.29) is 6.10 Å². The van der Waals surface area contributed by atoms with Crippen molar-refractivity contribution in [1.29, 1.82) is 0 Å². The first kappa shape index (κ1) is 25.6. The molecule has 26 heavy (non-hydrogen) atoms. The van der Waals surface area contributed by atoms with E-state index < -0.39 is 0 Å². The van der Waals surface area contributed by atoms with E-state index in [1.807, 2.05) is 7.05 Å². The zero-order valence-corrected chi connectivity index (χ0v) is 17.8. The lowest BCUT2D eigenvalue weighted by Gasteiger charge is -2.10. The summed E-state index contributed by atoms with van der Waals surface area (Å²) in [6, 6.07) is 0. The van der Waals surface area contributed by atoms with Gasteiger partial charge in [-0.1, -0.05) is 83.3 Å². The smallest absolute Gasteiger partial charge is 0.0897 e. The fourth-order valence-electron chi connectivity index (χ4n) is 3.14. The molecule has 0 spiro atoms. The Morgan fingerprint density at radius 3 is 1.81 bits per heavy atom. The SMILES string of the molecule is CCCCCCCCC/C=C\CCCCCCCCOCC(O)CNC. The van der Waals surface area contributed by atoms with Gasteiger partial charge >= 0.3 is 0 Å². The third kappa shape index (κ3) is 21.7. The second-order valence-electron chi connectivity index (χ2n) is 7.58. The summed E-state index contributed by atoms with van der Waals surface area (Å²) in [5.74, 6) is 0. The van der Waals surface area contributed by atoms with Crippen LogP contribution in [0.5, 0.6) is 0 Å². The molecule has 0 aromatic heterocycles. The molecule has 0 heterocycles. The van der Waals surface area contributed by atoms with Crippen molar-refractivity contribution in [1.82, 2.24) is 5.32 Å². The molecule has 1 unspecified atom stereocenters. The average Bonchev–Trinajstić information content (AvgIpc) is 2.64. The van der Waals surface area contributed by atoms with E-state index >= 15 is 0 Å². The molecular formula is C23H47NO2. The maximum atomic E-state index is 9.50. The standard InChI is InChI=1S/C23H47NO2/c1-3-4-5-6-7-8-9-10-11-12-13-14-15-16-17-18-19-20-26-22-23(25)21-24-2/h11-12,23-25H,3-10,13-22H2,1-2H3/b12-11-. The van der Waals surface area contributed by atoms with Gasteiger partial charge in [-0.25, -0.2) is 0 Å². The average molecular weight is 370 g/mol. The molecule has 1 atom stereocenters. The Bertz CT molecular complexity index is 281. The molecule has 0 aromatic carbocycles. The highest BCUT2D eigenvalue weighted by Gasteiger charge is 2.01. The molecule has 0 bridgehead atoms. The van der Waals surface area contributed by atoms with E-state index in [0.29, 0.717) is 13.2 Å². The van der Waals surface area contributed by atoms with Crippen LogP contribution in [0.3, 0.4) is 0 Å². The van der Waals surface area contributed by atoms with E-state index in [9.17, 15) is 5.11 Å². The van der Waals surface area contributed by atoms with Crippen LogP contribution < -0.4 is 5.32 Å². The largest absolute Gasteiger partial charge is 0.389 e. The Balaban J connectivity index is 3.10. The Morgan fingerprint density at radius 1 is 0.769 bits per heavy atom. The van der Waals surface area contributed by atoms with Gasteiger partial charge < -0.3 is 15.2 Å². The number of hydrogen-bond acceptors (Lipinski definition) is 3. The normalized spacial score (nSPS) is 12.9. The number of aliphatic hydroxyl groups excluding tert-OH is 1. The summed E-state index contributed by atoms with van der Waals surface area (Å²) >= 11 is 0. The lowest BCUT2D eigenvalue weighted by Crippen LogP contribution is -2.28. The van der Waals surface area contributed by atoms with Crippen molar-refractivity contribution >= 4 is 0 Å². The molecule has 0 saturated heterocycles. The highest BCUT2D eigenvalue weighted by Crippen LogP contribution is 2.10. The molecule has 0 saturated carbocycles. The Labute approximate surface area is 164 Å². The maximum Gasteiger partial charge on any atom is 0.0897 e. The Morgan fingerprint density at radius 2 is 1.27 bits per heavy atom. The van der Waals surface area contributed by atoms with Crippen molar-refractivity contribution < 1.29 is 9.84 Å². The van der Waals surface area contributed by atoms with Crippen LogP contribution in [0.15, 0.2) is 12.2 Å². The summed E-state index contributed by atoms with van der Waals surface area (Å²) in [5, 5.41) is 12.4. The highest BCUT2D eigenvalue weighted by molar-refractivity contribution is 4.81. The van der Waals surface area contributed by atoms with Crippen LogP contribution in [0.25, 0.3) is 0 Å². The van der Waals surface area contributed by atoms with Crippen LogP contribution in [0.2, 0.25) is 0 Å². The van der Waals surface area contributed by atoms with Gasteiger partial charge in [-0.15, -0.1) is 0 Å². The minimum atomic E-state index is -0.376. The summed E-state index contributed by atoms with van der Waals surface area (Å²) in [6.45, 7) is 4.11. The van der Waals surface area contributed by atoms with E-state index in [1.165, 1.54) is 89.9 Å². The monoisotopic (exact) mass is 369 g/mol. The van der Waals surface area contributed by atoms with Gasteiger partial charge in [0.25, 0.3) is 0 Å². The van der Waals surface area contributed by atoms with Gasteiger partial charge in [0.1, 0.15) is 0 Å². The Hall–Kier alpha value is -0.380. The van der Waals surface area contributed by atoms with E-state index in [0.717, 1.165) is 13.0 Å². The van der Waals surface area contributed by atoms with Gasteiger partial charge in [0.05, 0.1) is 12.7 Å². The lowest BCUT2D eigenvalue weighted by atomic mass is 10.1. The highest BCUT2D eigenvalue weighted by atomic mass is 16.5. The molecule has 2 N–H and O–H groups in total. The third-order valence-electron chi connectivity index (χ3n) is 4.80. The molecule has 3 nitrogen and oxygen atoms in total. The van der Waals surface area contributed by atoms with Crippen molar-refractivity contribution in [2.45, 2.75) is 109 Å².